The van der Waals surface area contributed by atoms with Crippen LogP contribution in [-0.2, 0) is 14.6 Å². The Bertz CT molecular complexity index is 781. The number of rotatable bonds is 1. The van der Waals surface area contributed by atoms with Crippen LogP contribution >= 0.6 is 27.7 Å². The molecule has 2 heterocycles. The third-order valence-corrected chi connectivity index (χ3v) is 7.19. The van der Waals surface area contributed by atoms with E-state index in [0.717, 1.165) is 0 Å². The lowest BCUT2D eigenvalue weighted by Crippen LogP contribution is -2.38. The summed E-state index contributed by atoms with van der Waals surface area (Å²) in [5.74, 6) is -0.922. The lowest BCUT2D eigenvalue weighted by Gasteiger charge is -2.24. The Morgan fingerprint density at radius 1 is 1.45 bits per heavy atom. The van der Waals surface area contributed by atoms with Crippen molar-refractivity contribution < 1.29 is 17.6 Å². The second-order valence-corrected chi connectivity index (χ2v) is 9.46. The second kappa shape index (κ2) is 5.61. The van der Waals surface area contributed by atoms with Crippen molar-refractivity contribution in [3.8, 4) is 0 Å². The van der Waals surface area contributed by atoms with Gasteiger partial charge < -0.3 is 4.90 Å². The lowest BCUT2D eigenvalue weighted by atomic mass is 10.2. The van der Waals surface area contributed by atoms with Crippen LogP contribution < -0.4 is 4.90 Å². The van der Waals surface area contributed by atoms with Gasteiger partial charge in [0.2, 0.25) is 5.91 Å². The van der Waals surface area contributed by atoms with E-state index in [1.807, 2.05) is 0 Å². The maximum absolute atomic E-state index is 14.3. The highest BCUT2D eigenvalue weighted by Crippen LogP contribution is 2.42. The van der Waals surface area contributed by atoms with Crippen molar-refractivity contribution in [2.45, 2.75) is 18.2 Å². The molecule has 0 radical (unpaired) electrons. The van der Waals surface area contributed by atoms with Gasteiger partial charge in [0.15, 0.2) is 15.0 Å². The molecule has 0 unspecified atom stereocenters. The fourth-order valence-corrected chi connectivity index (χ4v) is 6.94. The third-order valence-electron chi connectivity index (χ3n) is 3.49. The van der Waals surface area contributed by atoms with Crippen LogP contribution in [0.25, 0.3) is 0 Å². The molecule has 3 rings (SSSR count). The van der Waals surface area contributed by atoms with E-state index in [-0.39, 0.29) is 22.4 Å². The van der Waals surface area contributed by atoms with Crippen LogP contribution in [0.1, 0.15) is 6.92 Å². The molecule has 5 nitrogen and oxygen atoms in total. The first-order valence-electron chi connectivity index (χ1n) is 6.47. The number of aliphatic imine (C=N–C) groups is 1. The molecule has 1 aromatic carbocycles. The number of carbonyl (C=O) groups is 1. The van der Waals surface area contributed by atoms with Gasteiger partial charge in [-0.2, -0.15) is 4.99 Å². The summed E-state index contributed by atoms with van der Waals surface area (Å²) in [6.45, 7) is 1.31. The van der Waals surface area contributed by atoms with E-state index in [2.05, 4.69) is 20.9 Å². The summed E-state index contributed by atoms with van der Waals surface area (Å²) in [5, 5.41) is 0.129. The van der Waals surface area contributed by atoms with Gasteiger partial charge in [-0.15, -0.1) is 0 Å². The lowest BCUT2D eigenvalue weighted by molar-refractivity contribution is -0.115. The molecule has 0 aliphatic carbocycles. The Morgan fingerprint density at radius 2 is 2.18 bits per heavy atom. The number of benzene rings is 1. The van der Waals surface area contributed by atoms with Crippen LogP contribution in [0.3, 0.4) is 0 Å². The summed E-state index contributed by atoms with van der Waals surface area (Å²) in [7, 11) is -3.15. The molecule has 0 spiro atoms. The first-order valence-corrected chi connectivity index (χ1v) is 9.97. The minimum Gasteiger partial charge on any atom is -0.313 e. The molecule has 0 saturated carbocycles. The number of sulfone groups is 1. The van der Waals surface area contributed by atoms with Crippen molar-refractivity contribution in [3.63, 3.8) is 0 Å². The Labute approximate surface area is 140 Å². The fourth-order valence-electron chi connectivity index (χ4n) is 2.66. The Kier molecular flexibility index (Phi) is 4.07. The molecule has 2 saturated heterocycles. The highest BCUT2D eigenvalue weighted by molar-refractivity contribution is 9.10. The van der Waals surface area contributed by atoms with E-state index in [1.54, 1.807) is 17.0 Å². The van der Waals surface area contributed by atoms with Crippen molar-refractivity contribution >= 4 is 54.3 Å². The molecule has 0 N–H and O–H groups in total. The van der Waals surface area contributed by atoms with Crippen molar-refractivity contribution in [3.05, 3.63) is 28.5 Å². The minimum atomic E-state index is -3.15. The van der Waals surface area contributed by atoms with Gasteiger partial charge in [0.1, 0.15) is 5.82 Å². The summed E-state index contributed by atoms with van der Waals surface area (Å²) in [6, 6.07) is 4.14. The zero-order chi connectivity index (χ0) is 16.1. The Morgan fingerprint density at radius 3 is 2.82 bits per heavy atom. The van der Waals surface area contributed by atoms with E-state index in [1.165, 1.54) is 24.8 Å². The van der Waals surface area contributed by atoms with E-state index in [4.69, 9.17) is 0 Å². The molecule has 2 aliphatic rings. The maximum atomic E-state index is 14.3. The quantitative estimate of drug-likeness (QED) is 0.714. The summed E-state index contributed by atoms with van der Waals surface area (Å²) in [4.78, 5) is 16.8. The number of hydrogen-bond acceptors (Lipinski definition) is 4. The van der Waals surface area contributed by atoms with Crippen LogP contribution in [0.4, 0.5) is 10.1 Å². The largest absolute Gasteiger partial charge is 0.313 e. The van der Waals surface area contributed by atoms with Gasteiger partial charge in [-0.25, -0.2) is 12.8 Å². The molecular formula is C13H12BrFN2O3S2. The van der Waals surface area contributed by atoms with Crippen molar-refractivity contribution in [2.75, 3.05) is 16.4 Å². The summed E-state index contributed by atoms with van der Waals surface area (Å²) in [6.07, 6.45) is 0. The van der Waals surface area contributed by atoms with Crippen LogP contribution in [0, 0.1) is 5.82 Å². The second-order valence-electron chi connectivity index (χ2n) is 5.18. The number of anilines is 1. The number of carbonyl (C=O) groups excluding carboxylic acids is 1. The van der Waals surface area contributed by atoms with Gasteiger partial charge in [0.05, 0.1) is 23.2 Å². The molecule has 2 atom stereocenters. The number of halogens is 2. The number of nitrogens with zero attached hydrogens (tertiary/aromatic N) is 2. The van der Waals surface area contributed by atoms with E-state index < -0.39 is 27.6 Å². The fraction of sp³-hybridized carbons (Fsp3) is 0.385. The molecular weight excluding hydrogens is 395 g/mol. The number of thioether (sulfide) groups is 1. The topological polar surface area (TPSA) is 66.8 Å². The number of fused-ring (bicyclic) bond motifs is 1. The average molecular weight is 407 g/mol. The molecule has 0 aromatic heterocycles. The van der Waals surface area contributed by atoms with E-state index >= 15 is 0 Å². The van der Waals surface area contributed by atoms with Crippen molar-refractivity contribution in [2.24, 2.45) is 4.99 Å². The zero-order valence-corrected chi connectivity index (χ0v) is 14.7. The SMILES string of the molecule is CC(=O)N=C1S[C@H]2CS(=O)(=O)C[C@@H]2N1c1ccc(Br)cc1F. The number of amidine groups is 1. The van der Waals surface area contributed by atoms with Crippen molar-refractivity contribution in [1.82, 2.24) is 0 Å². The average Bonchev–Trinajstić information content (AvgIpc) is 2.81. The highest BCUT2D eigenvalue weighted by atomic mass is 79.9. The molecule has 118 valence electrons. The van der Waals surface area contributed by atoms with E-state index in [0.29, 0.717) is 9.64 Å². The van der Waals surface area contributed by atoms with Crippen molar-refractivity contribution in [1.29, 1.82) is 0 Å². The van der Waals surface area contributed by atoms with E-state index in [9.17, 15) is 17.6 Å². The predicted octanol–water partition coefficient (Wildman–Crippen LogP) is 2.21. The number of hydrogen-bond donors (Lipinski definition) is 0. The first kappa shape index (κ1) is 15.9. The minimum absolute atomic E-state index is 0.0217. The van der Waals surface area contributed by atoms with Crippen LogP contribution in [0.5, 0.6) is 0 Å². The highest BCUT2D eigenvalue weighted by Gasteiger charge is 2.49. The van der Waals surface area contributed by atoms with Crippen LogP contribution in [-0.4, -0.2) is 42.3 Å². The molecule has 1 amide bonds. The predicted molar refractivity (Wildman–Crippen MR) is 88.5 cm³/mol. The smallest absolute Gasteiger partial charge is 0.244 e. The maximum Gasteiger partial charge on any atom is 0.244 e. The third kappa shape index (κ3) is 2.93. The van der Waals surface area contributed by atoms with Gasteiger partial charge in [-0.3, -0.25) is 4.79 Å². The van der Waals surface area contributed by atoms with Gasteiger partial charge in [0.25, 0.3) is 0 Å². The van der Waals surface area contributed by atoms with Crippen LogP contribution in [0.2, 0.25) is 0 Å². The summed E-state index contributed by atoms with van der Waals surface area (Å²) < 4.78 is 38.6. The molecule has 0 bridgehead atoms. The molecule has 1 aromatic rings. The number of amides is 1. The molecule has 2 aliphatic heterocycles. The Balaban J connectivity index is 2.08. The first-order chi connectivity index (χ1) is 10.3. The van der Waals surface area contributed by atoms with Gasteiger partial charge >= 0.3 is 0 Å². The molecule has 2 fully saturated rings. The molecule has 22 heavy (non-hydrogen) atoms. The zero-order valence-electron chi connectivity index (χ0n) is 11.5. The van der Waals surface area contributed by atoms with Gasteiger partial charge in [-0.05, 0) is 18.2 Å². The normalized spacial score (nSPS) is 28.1. The standard InChI is InChI=1S/C13H12BrFN2O3S2/c1-7(18)16-13-17(10-3-2-8(14)4-9(10)15)11-5-22(19,20)6-12(11)21-13/h2-4,11-12H,5-6H2,1H3/t11-,12-/m0/s1. The summed E-state index contributed by atoms with van der Waals surface area (Å²) >= 11 is 4.42. The summed E-state index contributed by atoms with van der Waals surface area (Å²) in [5.41, 5.74) is 0.236. The van der Waals surface area contributed by atoms with Gasteiger partial charge in [0, 0.05) is 16.6 Å². The Hall–Kier alpha value is -0.930. The van der Waals surface area contributed by atoms with Crippen LogP contribution in [0.15, 0.2) is 27.7 Å². The van der Waals surface area contributed by atoms with Gasteiger partial charge in [-0.1, -0.05) is 27.7 Å². The molecule has 9 heteroatoms. The monoisotopic (exact) mass is 406 g/mol.